The SMILES string of the molecule is C=Cc1cc(O)c(C(=O)OCc2ccccc2)nc1C=C. The molecule has 1 aromatic carbocycles. The minimum absolute atomic E-state index is 0.118. The first-order valence-corrected chi connectivity index (χ1v) is 6.35. The Morgan fingerprint density at radius 1 is 1.24 bits per heavy atom. The van der Waals surface area contributed by atoms with Gasteiger partial charge in [0.25, 0.3) is 0 Å². The summed E-state index contributed by atoms with van der Waals surface area (Å²) < 4.78 is 5.15. The molecule has 0 unspecified atom stereocenters. The molecule has 1 aromatic heterocycles. The fourth-order valence-corrected chi connectivity index (χ4v) is 1.80. The van der Waals surface area contributed by atoms with Crippen LogP contribution >= 0.6 is 0 Å². The first-order valence-electron chi connectivity index (χ1n) is 6.35. The number of nitrogens with zero attached hydrogens (tertiary/aromatic N) is 1. The number of hydrogen-bond acceptors (Lipinski definition) is 4. The lowest BCUT2D eigenvalue weighted by Gasteiger charge is -2.08. The molecule has 1 heterocycles. The van der Waals surface area contributed by atoms with E-state index in [9.17, 15) is 9.90 Å². The van der Waals surface area contributed by atoms with Crippen LogP contribution in [0.4, 0.5) is 0 Å². The van der Waals surface area contributed by atoms with Crippen LogP contribution in [0.5, 0.6) is 5.75 Å². The van der Waals surface area contributed by atoms with Crippen molar-refractivity contribution >= 4 is 18.1 Å². The molecule has 21 heavy (non-hydrogen) atoms. The number of carbonyl (C=O) groups excluding carboxylic acids is 1. The molecule has 0 aliphatic carbocycles. The van der Waals surface area contributed by atoms with Gasteiger partial charge in [-0.1, -0.05) is 49.6 Å². The Morgan fingerprint density at radius 3 is 2.57 bits per heavy atom. The molecule has 4 heteroatoms. The van der Waals surface area contributed by atoms with Crippen molar-refractivity contribution in [3.8, 4) is 5.75 Å². The molecule has 0 radical (unpaired) electrons. The molecule has 2 rings (SSSR count). The van der Waals surface area contributed by atoms with E-state index in [-0.39, 0.29) is 18.1 Å². The van der Waals surface area contributed by atoms with Crippen molar-refractivity contribution in [3.63, 3.8) is 0 Å². The van der Waals surface area contributed by atoms with Crippen molar-refractivity contribution in [3.05, 3.63) is 72.1 Å². The Morgan fingerprint density at radius 2 is 1.95 bits per heavy atom. The summed E-state index contributed by atoms with van der Waals surface area (Å²) in [5.74, 6) is -0.927. The summed E-state index contributed by atoms with van der Waals surface area (Å²) in [4.78, 5) is 16.1. The van der Waals surface area contributed by atoms with Gasteiger partial charge in [-0.05, 0) is 17.7 Å². The Bertz CT molecular complexity index is 678. The summed E-state index contributed by atoms with van der Waals surface area (Å²) in [6.45, 7) is 7.35. The number of aromatic nitrogens is 1. The number of aromatic hydroxyl groups is 1. The van der Waals surface area contributed by atoms with Crippen molar-refractivity contribution in [1.29, 1.82) is 0 Å². The molecular weight excluding hydrogens is 266 g/mol. The Balaban J connectivity index is 2.19. The van der Waals surface area contributed by atoms with Crippen molar-refractivity contribution < 1.29 is 14.6 Å². The van der Waals surface area contributed by atoms with Gasteiger partial charge in [0.15, 0.2) is 5.69 Å². The molecule has 0 aliphatic heterocycles. The van der Waals surface area contributed by atoms with Crippen LogP contribution < -0.4 is 0 Å². The van der Waals surface area contributed by atoms with E-state index in [2.05, 4.69) is 18.1 Å². The van der Waals surface area contributed by atoms with E-state index in [0.29, 0.717) is 11.3 Å². The number of hydrogen-bond donors (Lipinski definition) is 1. The minimum Gasteiger partial charge on any atom is -0.505 e. The highest BCUT2D eigenvalue weighted by atomic mass is 16.5. The smallest absolute Gasteiger partial charge is 0.361 e. The van der Waals surface area contributed by atoms with Gasteiger partial charge in [0.05, 0.1) is 5.69 Å². The van der Waals surface area contributed by atoms with Crippen molar-refractivity contribution in [1.82, 2.24) is 4.98 Å². The molecule has 0 atom stereocenters. The number of ether oxygens (including phenoxy) is 1. The maximum Gasteiger partial charge on any atom is 0.361 e. The van der Waals surface area contributed by atoms with Gasteiger partial charge in [-0.25, -0.2) is 9.78 Å². The van der Waals surface area contributed by atoms with Crippen LogP contribution in [-0.2, 0) is 11.3 Å². The van der Waals surface area contributed by atoms with E-state index in [1.165, 1.54) is 18.2 Å². The second-order valence-electron chi connectivity index (χ2n) is 4.30. The molecule has 0 fully saturated rings. The van der Waals surface area contributed by atoms with Crippen molar-refractivity contribution in [2.75, 3.05) is 0 Å². The van der Waals surface area contributed by atoms with E-state index >= 15 is 0 Å². The van der Waals surface area contributed by atoms with Gasteiger partial charge >= 0.3 is 5.97 Å². The van der Waals surface area contributed by atoms with E-state index < -0.39 is 5.97 Å². The van der Waals surface area contributed by atoms with Crippen LogP contribution in [0.2, 0.25) is 0 Å². The summed E-state index contributed by atoms with van der Waals surface area (Å²) in [5, 5.41) is 9.86. The summed E-state index contributed by atoms with van der Waals surface area (Å²) in [6.07, 6.45) is 3.02. The maximum absolute atomic E-state index is 12.0. The summed E-state index contributed by atoms with van der Waals surface area (Å²) in [5.41, 5.74) is 1.79. The highest BCUT2D eigenvalue weighted by Crippen LogP contribution is 2.22. The van der Waals surface area contributed by atoms with Crippen LogP contribution in [0.3, 0.4) is 0 Å². The lowest BCUT2D eigenvalue weighted by Crippen LogP contribution is -2.09. The Hall–Kier alpha value is -2.88. The average molecular weight is 281 g/mol. The van der Waals surface area contributed by atoms with Crippen LogP contribution in [-0.4, -0.2) is 16.1 Å². The van der Waals surface area contributed by atoms with E-state index in [1.54, 1.807) is 0 Å². The molecule has 0 spiro atoms. The normalized spacial score (nSPS) is 9.90. The predicted octanol–water partition coefficient (Wildman–Crippen LogP) is 3.43. The highest BCUT2D eigenvalue weighted by molar-refractivity contribution is 5.91. The fourth-order valence-electron chi connectivity index (χ4n) is 1.80. The zero-order valence-corrected chi connectivity index (χ0v) is 11.5. The summed E-state index contributed by atoms with van der Waals surface area (Å²) >= 11 is 0. The Kier molecular flexibility index (Phi) is 4.51. The summed E-state index contributed by atoms with van der Waals surface area (Å²) in [6, 6.07) is 10.7. The summed E-state index contributed by atoms with van der Waals surface area (Å²) in [7, 11) is 0. The molecule has 0 saturated heterocycles. The second kappa shape index (κ2) is 6.52. The number of rotatable bonds is 5. The lowest BCUT2D eigenvalue weighted by molar-refractivity contribution is 0.0462. The van der Waals surface area contributed by atoms with Crippen LogP contribution in [0, 0.1) is 0 Å². The maximum atomic E-state index is 12.0. The van der Waals surface area contributed by atoms with E-state index in [4.69, 9.17) is 4.74 Å². The number of pyridine rings is 1. The fraction of sp³-hybridized carbons (Fsp3) is 0.0588. The van der Waals surface area contributed by atoms with Gasteiger partial charge in [0.2, 0.25) is 0 Å². The zero-order chi connectivity index (χ0) is 15.2. The molecule has 106 valence electrons. The monoisotopic (exact) mass is 281 g/mol. The number of esters is 1. The van der Waals surface area contributed by atoms with Crippen molar-refractivity contribution in [2.45, 2.75) is 6.61 Å². The zero-order valence-electron chi connectivity index (χ0n) is 11.5. The van der Waals surface area contributed by atoms with E-state index in [1.807, 2.05) is 30.3 Å². The Labute approximate surface area is 123 Å². The topological polar surface area (TPSA) is 59.4 Å². The minimum atomic E-state index is -0.685. The molecule has 4 nitrogen and oxygen atoms in total. The van der Waals surface area contributed by atoms with Gasteiger partial charge in [-0.2, -0.15) is 0 Å². The van der Waals surface area contributed by atoms with Gasteiger partial charge in [0, 0.05) is 5.56 Å². The third-order valence-corrected chi connectivity index (χ3v) is 2.88. The van der Waals surface area contributed by atoms with Crippen LogP contribution in [0.25, 0.3) is 12.2 Å². The second-order valence-corrected chi connectivity index (χ2v) is 4.30. The van der Waals surface area contributed by atoms with Gasteiger partial charge in [-0.15, -0.1) is 0 Å². The third-order valence-electron chi connectivity index (χ3n) is 2.88. The standard InChI is InChI=1S/C17H15NO3/c1-3-13-10-15(19)16(18-14(13)4-2)17(20)21-11-12-8-6-5-7-9-12/h3-10,19H,1-2,11H2. The largest absolute Gasteiger partial charge is 0.505 e. The van der Waals surface area contributed by atoms with Crippen LogP contribution in [0.15, 0.2) is 49.6 Å². The number of carbonyl (C=O) groups is 1. The molecule has 2 aromatic rings. The average Bonchev–Trinajstić information content (AvgIpc) is 2.53. The van der Waals surface area contributed by atoms with Crippen LogP contribution in [0.1, 0.15) is 27.3 Å². The molecule has 0 saturated carbocycles. The molecule has 0 aliphatic rings. The molecule has 1 N–H and O–H groups in total. The quantitative estimate of drug-likeness (QED) is 0.853. The van der Waals surface area contributed by atoms with Gasteiger partial charge in [0.1, 0.15) is 12.4 Å². The van der Waals surface area contributed by atoms with Gasteiger partial charge < -0.3 is 9.84 Å². The first-order chi connectivity index (χ1) is 10.2. The third kappa shape index (κ3) is 3.36. The first kappa shape index (κ1) is 14.5. The molecule has 0 bridgehead atoms. The highest BCUT2D eigenvalue weighted by Gasteiger charge is 2.17. The van der Waals surface area contributed by atoms with Gasteiger partial charge in [-0.3, -0.25) is 0 Å². The molecular formula is C17H15NO3. The molecule has 0 amide bonds. The van der Waals surface area contributed by atoms with Crippen molar-refractivity contribution in [2.24, 2.45) is 0 Å². The predicted molar refractivity (Wildman–Crippen MR) is 81.6 cm³/mol. The number of benzene rings is 1. The lowest BCUT2D eigenvalue weighted by atomic mass is 10.1. The van der Waals surface area contributed by atoms with E-state index in [0.717, 1.165) is 5.56 Å².